The van der Waals surface area contributed by atoms with E-state index >= 15 is 0 Å². The van der Waals surface area contributed by atoms with Crippen LogP contribution in [0.3, 0.4) is 0 Å². The van der Waals surface area contributed by atoms with E-state index in [2.05, 4.69) is 61.8 Å². The average molecular weight is 1000 g/mol. The van der Waals surface area contributed by atoms with Gasteiger partial charge >= 0.3 is 118 Å². The first-order chi connectivity index (χ1) is 28.7. The third-order valence-electron chi connectivity index (χ3n) is 7.79. The van der Waals surface area contributed by atoms with Gasteiger partial charge in [0.15, 0.2) is 0 Å². The molecular formula is C33H28N12Na4O12S4. The van der Waals surface area contributed by atoms with Gasteiger partial charge in [-0.1, -0.05) is 0 Å². The molecule has 0 fully saturated rings. The van der Waals surface area contributed by atoms with Crippen LogP contribution in [-0.4, -0.2) is 94.9 Å². The fourth-order valence-electron chi connectivity index (χ4n) is 4.96. The van der Waals surface area contributed by atoms with Crippen molar-refractivity contribution in [1.82, 2.24) is 29.9 Å². The van der Waals surface area contributed by atoms with Gasteiger partial charge in [-0.15, -0.1) is 0 Å². The molecule has 0 amide bonds. The van der Waals surface area contributed by atoms with Crippen molar-refractivity contribution in [2.24, 2.45) is 0 Å². The largest absolute Gasteiger partial charge is 1.00 e. The number of anilines is 10. The van der Waals surface area contributed by atoms with Gasteiger partial charge in [0, 0.05) is 35.8 Å². The molecular weight excluding hydrogens is 977 g/mol. The maximum Gasteiger partial charge on any atom is 1.00 e. The molecule has 320 valence electrons. The maximum absolute atomic E-state index is 11.4. The Balaban J connectivity index is 0.00000363. The second-order valence-electron chi connectivity index (χ2n) is 12.2. The Hall–Kier alpha value is -2.66. The van der Waals surface area contributed by atoms with Crippen molar-refractivity contribution in [3.63, 3.8) is 0 Å². The molecule has 0 saturated carbocycles. The van der Waals surface area contributed by atoms with Crippen LogP contribution in [0, 0.1) is 0 Å². The van der Waals surface area contributed by atoms with Crippen molar-refractivity contribution < 1.29 is 170 Å². The van der Waals surface area contributed by atoms with Gasteiger partial charge in [-0.05, 0) is 103 Å². The number of nitrogens with zero attached hydrogens (tertiary/aromatic N) is 6. The van der Waals surface area contributed by atoms with Crippen LogP contribution in [0.2, 0.25) is 0 Å². The van der Waals surface area contributed by atoms with Gasteiger partial charge in [0.25, 0.3) is 0 Å². The van der Waals surface area contributed by atoms with E-state index in [-0.39, 0.29) is 167 Å². The van der Waals surface area contributed by atoms with Crippen LogP contribution in [0.25, 0.3) is 0 Å². The Kier molecular flexibility index (Phi) is 22.6. The number of hydrogen-bond acceptors (Lipinski definition) is 24. The van der Waals surface area contributed by atoms with E-state index in [1.54, 1.807) is 0 Å². The zero-order chi connectivity index (χ0) is 44.0. The smallest absolute Gasteiger partial charge is 0.744 e. The van der Waals surface area contributed by atoms with Crippen LogP contribution >= 0.6 is 0 Å². The molecule has 6 aromatic rings. The Morgan fingerprint density at radius 1 is 0.323 bits per heavy atom. The minimum atomic E-state index is -4.70. The molecule has 0 spiro atoms. The minimum absolute atomic E-state index is 0. The zero-order valence-electron chi connectivity index (χ0n) is 34.6. The molecule has 0 bridgehead atoms. The summed E-state index contributed by atoms with van der Waals surface area (Å²) in [5, 5.41) is 17.6. The third kappa shape index (κ3) is 18.1. The van der Waals surface area contributed by atoms with E-state index in [1.165, 1.54) is 48.5 Å². The van der Waals surface area contributed by atoms with Gasteiger partial charge in [-0.2, -0.15) is 29.9 Å². The summed E-state index contributed by atoms with van der Waals surface area (Å²) in [4.78, 5) is 24.1. The second kappa shape index (κ2) is 25.1. The van der Waals surface area contributed by atoms with Crippen LogP contribution in [0.5, 0.6) is 0 Å². The predicted molar refractivity (Wildman–Crippen MR) is 212 cm³/mol. The number of rotatable bonds is 18. The van der Waals surface area contributed by atoms with E-state index < -0.39 is 60.1 Å². The SMILES string of the molecule is O=S(=O)([O-])c1ccc(Nc2nc(NCCCNc3nc(Nc4ccc(S(=O)(=O)[O-])cc4)nc(Nc4ccc(S(=O)(=O)[O-])cc4)n3)nc(Nc3ccc(S(=O)(=O)[O-])cc3)n2)cc1.[Na+].[Na+].[Na+].[Na+]. The maximum atomic E-state index is 11.4. The fourth-order valence-corrected chi connectivity index (χ4v) is 6.84. The van der Waals surface area contributed by atoms with E-state index in [0.29, 0.717) is 29.2 Å². The molecule has 0 unspecified atom stereocenters. The summed E-state index contributed by atoms with van der Waals surface area (Å²) in [7, 11) is -18.8. The first kappa shape index (κ1) is 58.5. The molecule has 0 saturated heterocycles. The second-order valence-corrected chi connectivity index (χ2v) is 17.8. The van der Waals surface area contributed by atoms with Gasteiger partial charge in [-0.25, -0.2) is 33.7 Å². The first-order valence-electron chi connectivity index (χ1n) is 17.0. The predicted octanol–water partition coefficient (Wildman–Crippen LogP) is -9.42. The molecule has 0 radical (unpaired) electrons. The molecule has 0 aliphatic heterocycles. The normalized spacial score (nSPS) is 11.3. The minimum Gasteiger partial charge on any atom is -0.744 e. The summed E-state index contributed by atoms with van der Waals surface area (Å²) in [5.41, 5.74) is 1.24. The van der Waals surface area contributed by atoms with Gasteiger partial charge in [0.05, 0.1) is 19.6 Å². The molecule has 32 heteroatoms. The summed E-state index contributed by atoms with van der Waals surface area (Å²) in [6.07, 6.45) is 0.376. The molecule has 2 aromatic heterocycles. The third-order valence-corrected chi connectivity index (χ3v) is 11.2. The quantitative estimate of drug-likeness (QED) is 0.0264. The van der Waals surface area contributed by atoms with Crippen LogP contribution in [0.4, 0.5) is 58.4 Å². The van der Waals surface area contributed by atoms with Gasteiger partial charge in [0.2, 0.25) is 35.7 Å². The molecule has 6 rings (SSSR count). The van der Waals surface area contributed by atoms with Crippen molar-refractivity contribution in [3.05, 3.63) is 97.1 Å². The van der Waals surface area contributed by atoms with Crippen molar-refractivity contribution in [3.8, 4) is 0 Å². The zero-order valence-corrected chi connectivity index (χ0v) is 45.8. The van der Waals surface area contributed by atoms with E-state index in [4.69, 9.17) is 0 Å². The van der Waals surface area contributed by atoms with Crippen LogP contribution < -0.4 is 150 Å². The number of nitrogens with one attached hydrogen (secondary N) is 6. The van der Waals surface area contributed by atoms with E-state index in [9.17, 15) is 51.9 Å². The Bertz CT molecular complexity index is 2610. The summed E-state index contributed by atoms with van der Waals surface area (Å²) < 4.78 is 136. The summed E-state index contributed by atoms with van der Waals surface area (Å²) >= 11 is 0. The molecule has 2 heterocycles. The number of hydrogen-bond donors (Lipinski definition) is 6. The number of aromatic nitrogens is 6. The van der Waals surface area contributed by atoms with Gasteiger partial charge < -0.3 is 50.1 Å². The van der Waals surface area contributed by atoms with Crippen LogP contribution in [0.15, 0.2) is 117 Å². The molecule has 0 aliphatic carbocycles. The molecule has 0 atom stereocenters. The van der Waals surface area contributed by atoms with Crippen molar-refractivity contribution in [1.29, 1.82) is 0 Å². The molecule has 24 nitrogen and oxygen atoms in total. The summed E-state index contributed by atoms with van der Waals surface area (Å²) in [6.45, 7) is 0.459. The topological polar surface area (TPSA) is 378 Å². The Morgan fingerprint density at radius 2 is 0.508 bits per heavy atom. The Labute approximate surface area is 461 Å². The van der Waals surface area contributed by atoms with Crippen molar-refractivity contribution in [2.45, 2.75) is 26.0 Å². The Morgan fingerprint density at radius 3 is 0.692 bits per heavy atom. The molecule has 4 aromatic carbocycles. The van der Waals surface area contributed by atoms with E-state index in [0.717, 1.165) is 48.5 Å². The molecule has 6 N–H and O–H groups in total. The van der Waals surface area contributed by atoms with Crippen molar-refractivity contribution in [2.75, 3.05) is 45.0 Å². The van der Waals surface area contributed by atoms with Gasteiger partial charge in [0.1, 0.15) is 40.5 Å². The summed E-state index contributed by atoms with van der Waals surface area (Å²) in [5.74, 6) is -0.0479. The monoisotopic (exact) mass is 1000 g/mol. The van der Waals surface area contributed by atoms with Crippen LogP contribution in [0.1, 0.15) is 6.42 Å². The average Bonchev–Trinajstić information content (AvgIpc) is 3.17. The molecule has 65 heavy (non-hydrogen) atoms. The fraction of sp³-hybridized carbons (Fsp3) is 0.0909. The van der Waals surface area contributed by atoms with Crippen molar-refractivity contribution >= 4 is 98.9 Å². The first-order valence-corrected chi connectivity index (χ1v) is 22.6. The standard InChI is InChI=1S/C33H32N12O12S4.4Na/c46-58(47,48)24-10-2-20(3-11-24)36-30-40-28(41-31(44-30)37-21-4-12-25(13-5-21)59(49,50)51)34-18-1-19-35-29-42-32(38-22-6-14-26(15-7-22)60(52,53)54)45-33(43-29)39-23-8-16-27(17-9-23)61(55,56)57;;;;/h2-17H,1,18-19H2,(H,46,47,48)(H,49,50,51)(H,52,53,54)(H,55,56,57)(H3,34,36,37,40,41,44)(H3,35,38,39,42,43,45);;;;/q;4*+1/p-4. The van der Waals surface area contributed by atoms with E-state index in [1.807, 2.05) is 0 Å². The van der Waals surface area contributed by atoms with Crippen LogP contribution in [-0.2, 0) is 40.5 Å². The van der Waals surface area contributed by atoms with Gasteiger partial charge in [-0.3, -0.25) is 0 Å². The number of benzene rings is 4. The molecule has 0 aliphatic rings. The summed E-state index contributed by atoms with van der Waals surface area (Å²) in [6, 6.07) is 19.3.